The van der Waals surface area contributed by atoms with Gasteiger partial charge in [0.25, 0.3) is 11.6 Å². The number of methoxy groups -OCH3 is 1. The van der Waals surface area contributed by atoms with Crippen LogP contribution in [0.15, 0.2) is 42.5 Å². The van der Waals surface area contributed by atoms with Crippen molar-refractivity contribution in [2.45, 2.75) is 0 Å². The third-order valence-electron chi connectivity index (χ3n) is 2.76. The Balaban J connectivity index is 2.29. The quantitative estimate of drug-likeness (QED) is 0.693. The van der Waals surface area contributed by atoms with Crippen LogP contribution in [0.3, 0.4) is 0 Å². The molecule has 6 nitrogen and oxygen atoms in total. The molecule has 2 rings (SSSR count). The summed E-state index contributed by atoms with van der Waals surface area (Å²) in [7, 11) is 1.32. The lowest BCUT2D eigenvalue weighted by molar-refractivity contribution is -0.384. The van der Waals surface area contributed by atoms with Crippen molar-refractivity contribution in [3.63, 3.8) is 0 Å². The molecular formula is C14H11FN2O4. The maximum absolute atomic E-state index is 13.5. The Kier molecular flexibility index (Phi) is 4.13. The molecule has 21 heavy (non-hydrogen) atoms. The molecule has 0 fully saturated rings. The van der Waals surface area contributed by atoms with Crippen LogP contribution in [0, 0.1) is 15.9 Å². The minimum absolute atomic E-state index is 0.119. The summed E-state index contributed by atoms with van der Waals surface area (Å²) in [6.07, 6.45) is 0. The SMILES string of the molecule is COc1cc([N+](=O)[O-])ccc1NC(=O)c1ccccc1F. The van der Waals surface area contributed by atoms with Crippen molar-refractivity contribution in [3.05, 3.63) is 64.0 Å². The highest BCUT2D eigenvalue weighted by atomic mass is 19.1. The number of nitro benzene ring substituents is 1. The van der Waals surface area contributed by atoms with Gasteiger partial charge in [-0.2, -0.15) is 0 Å². The molecule has 1 N–H and O–H groups in total. The van der Waals surface area contributed by atoms with Crippen molar-refractivity contribution < 1.29 is 18.8 Å². The van der Waals surface area contributed by atoms with E-state index in [-0.39, 0.29) is 22.7 Å². The molecule has 0 radical (unpaired) electrons. The second-order valence-corrected chi connectivity index (χ2v) is 4.08. The van der Waals surface area contributed by atoms with Crippen LogP contribution in [-0.4, -0.2) is 17.9 Å². The number of ether oxygens (including phenoxy) is 1. The van der Waals surface area contributed by atoms with Gasteiger partial charge in [-0.15, -0.1) is 0 Å². The number of carbonyl (C=O) groups is 1. The Morgan fingerprint density at radius 2 is 2.00 bits per heavy atom. The van der Waals surface area contributed by atoms with Gasteiger partial charge in [-0.1, -0.05) is 12.1 Å². The number of non-ortho nitro benzene ring substituents is 1. The number of rotatable bonds is 4. The van der Waals surface area contributed by atoms with E-state index in [4.69, 9.17) is 4.74 Å². The van der Waals surface area contributed by atoms with Gasteiger partial charge in [0.05, 0.1) is 29.4 Å². The number of nitrogens with one attached hydrogen (secondary N) is 1. The van der Waals surface area contributed by atoms with Crippen molar-refractivity contribution >= 4 is 17.3 Å². The summed E-state index contributed by atoms with van der Waals surface area (Å²) in [5.41, 5.74) is -0.0787. The molecular weight excluding hydrogens is 279 g/mol. The average Bonchev–Trinajstić information content (AvgIpc) is 2.47. The van der Waals surface area contributed by atoms with Crippen LogP contribution in [0.25, 0.3) is 0 Å². The molecule has 0 atom stereocenters. The molecule has 0 saturated carbocycles. The second-order valence-electron chi connectivity index (χ2n) is 4.08. The first-order chi connectivity index (χ1) is 10.0. The number of nitrogens with zero attached hydrogens (tertiary/aromatic N) is 1. The summed E-state index contributed by atoms with van der Waals surface area (Å²) in [6.45, 7) is 0. The summed E-state index contributed by atoms with van der Waals surface area (Å²) < 4.78 is 18.5. The van der Waals surface area contributed by atoms with Gasteiger partial charge >= 0.3 is 0 Å². The highest BCUT2D eigenvalue weighted by Crippen LogP contribution is 2.29. The van der Waals surface area contributed by atoms with Crippen LogP contribution in [0.5, 0.6) is 5.75 Å². The predicted octanol–water partition coefficient (Wildman–Crippen LogP) is 2.99. The smallest absolute Gasteiger partial charge is 0.273 e. The molecule has 0 spiro atoms. The molecule has 108 valence electrons. The van der Waals surface area contributed by atoms with E-state index in [9.17, 15) is 19.3 Å². The van der Waals surface area contributed by atoms with Crippen molar-refractivity contribution in [2.24, 2.45) is 0 Å². The number of benzene rings is 2. The fourth-order valence-electron chi connectivity index (χ4n) is 1.73. The maximum atomic E-state index is 13.5. The summed E-state index contributed by atoms with van der Waals surface area (Å²) in [4.78, 5) is 22.1. The summed E-state index contributed by atoms with van der Waals surface area (Å²) in [5.74, 6) is -1.20. The number of hydrogen-bond donors (Lipinski definition) is 1. The monoisotopic (exact) mass is 290 g/mol. The fourth-order valence-corrected chi connectivity index (χ4v) is 1.73. The zero-order chi connectivity index (χ0) is 15.4. The minimum atomic E-state index is -0.666. The maximum Gasteiger partial charge on any atom is 0.273 e. The summed E-state index contributed by atoms with van der Waals surface area (Å²) in [6, 6.07) is 9.24. The lowest BCUT2D eigenvalue weighted by atomic mass is 10.2. The molecule has 0 aliphatic heterocycles. The second kappa shape index (κ2) is 6.00. The minimum Gasteiger partial charge on any atom is -0.494 e. The van der Waals surface area contributed by atoms with Crippen molar-refractivity contribution in [1.82, 2.24) is 0 Å². The first-order valence-electron chi connectivity index (χ1n) is 5.91. The highest BCUT2D eigenvalue weighted by molar-refractivity contribution is 6.05. The van der Waals surface area contributed by atoms with Crippen LogP contribution >= 0.6 is 0 Å². The van der Waals surface area contributed by atoms with Crippen molar-refractivity contribution in [2.75, 3.05) is 12.4 Å². The van der Waals surface area contributed by atoms with Crippen LogP contribution in [0.1, 0.15) is 10.4 Å². The average molecular weight is 290 g/mol. The molecule has 0 heterocycles. The molecule has 0 aliphatic carbocycles. The molecule has 0 aliphatic rings. The molecule has 1 amide bonds. The van der Waals surface area contributed by atoms with E-state index in [0.29, 0.717) is 0 Å². The molecule has 0 unspecified atom stereocenters. The van der Waals surface area contributed by atoms with Crippen LogP contribution < -0.4 is 10.1 Å². The van der Waals surface area contributed by atoms with Gasteiger partial charge < -0.3 is 10.1 Å². The first-order valence-corrected chi connectivity index (χ1v) is 5.91. The number of nitro groups is 1. The summed E-state index contributed by atoms with van der Waals surface area (Å²) in [5, 5.41) is 13.1. The van der Waals surface area contributed by atoms with Gasteiger partial charge in [0, 0.05) is 6.07 Å². The number of halogens is 1. The van der Waals surface area contributed by atoms with E-state index in [1.54, 1.807) is 0 Å². The molecule has 2 aromatic rings. The van der Waals surface area contributed by atoms with Crippen molar-refractivity contribution in [1.29, 1.82) is 0 Å². The highest BCUT2D eigenvalue weighted by Gasteiger charge is 2.16. The lowest BCUT2D eigenvalue weighted by Crippen LogP contribution is -2.14. The Bertz CT molecular complexity index is 703. The number of hydrogen-bond acceptors (Lipinski definition) is 4. The fraction of sp³-hybridized carbons (Fsp3) is 0.0714. The lowest BCUT2D eigenvalue weighted by Gasteiger charge is -2.10. The van der Waals surface area contributed by atoms with E-state index in [2.05, 4.69) is 5.32 Å². The van der Waals surface area contributed by atoms with Gasteiger partial charge in [-0.3, -0.25) is 14.9 Å². The standard InChI is InChI=1S/C14H11FN2O4/c1-21-13-8-9(17(19)20)6-7-12(13)16-14(18)10-4-2-3-5-11(10)15/h2-8H,1H3,(H,16,18). The molecule has 7 heteroatoms. The molecule has 0 bridgehead atoms. The Labute approximate surface area is 119 Å². The number of anilines is 1. The Morgan fingerprint density at radius 1 is 1.29 bits per heavy atom. The van der Waals surface area contributed by atoms with E-state index < -0.39 is 16.6 Å². The zero-order valence-corrected chi connectivity index (χ0v) is 11.0. The topological polar surface area (TPSA) is 81.5 Å². The number of carbonyl (C=O) groups excluding carboxylic acids is 1. The van der Waals surface area contributed by atoms with Crippen LogP contribution in [-0.2, 0) is 0 Å². The molecule has 0 saturated heterocycles. The van der Waals surface area contributed by atoms with Gasteiger partial charge in [-0.25, -0.2) is 4.39 Å². The molecule has 0 aromatic heterocycles. The van der Waals surface area contributed by atoms with E-state index in [1.807, 2.05) is 0 Å². The third-order valence-corrected chi connectivity index (χ3v) is 2.76. The predicted molar refractivity (Wildman–Crippen MR) is 74.0 cm³/mol. The van der Waals surface area contributed by atoms with Gasteiger partial charge in [0.15, 0.2) is 0 Å². The number of amides is 1. The van der Waals surface area contributed by atoms with Gasteiger partial charge in [-0.05, 0) is 18.2 Å². The molecule has 2 aromatic carbocycles. The van der Waals surface area contributed by atoms with Crippen LogP contribution in [0.4, 0.5) is 15.8 Å². The largest absolute Gasteiger partial charge is 0.494 e. The Hall–Kier alpha value is -2.96. The van der Waals surface area contributed by atoms with E-state index in [1.165, 1.54) is 49.6 Å². The van der Waals surface area contributed by atoms with Crippen molar-refractivity contribution in [3.8, 4) is 5.75 Å². The van der Waals surface area contributed by atoms with E-state index in [0.717, 1.165) is 0 Å². The zero-order valence-electron chi connectivity index (χ0n) is 11.0. The third kappa shape index (κ3) is 3.14. The first kappa shape index (κ1) is 14.4. The van der Waals surface area contributed by atoms with Crippen LogP contribution in [0.2, 0.25) is 0 Å². The van der Waals surface area contributed by atoms with Gasteiger partial charge in [0.2, 0.25) is 0 Å². The summed E-state index contributed by atoms with van der Waals surface area (Å²) >= 11 is 0. The Morgan fingerprint density at radius 3 is 2.62 bits per heavy atom. The normalized spacial score (nSPS) is 10.0. The van der Waals surface area contributed by atoms with Gasteiger partial charge in [0.1, 0.15) is 11.6 Å². The van der Waals surface area contributed by atoms with E-state index >= 15 is 0 Å².